The molecule has 1 aromatic carbocycles. The van der Waals surface area contributed by atoms with Gasteiger partial charge in [-0.15, -0.1) is 10.2 Å². The van der Waals surface area contributed by atoms with Crippen molar-refractivity contribution < 1.29 is 19.1 Å². The topological polar surface area (TPSA) is 121 Å². The van der Waals surface area contributed by atoms with Crippen LogP contribution in [0.2, 0.25) is 0 Å². The lowest BCUT2D eigenvalue weighted by Gasteiger charge is -2.27. The van der Waals surface area contributed by atoms with Crippen molar-refractivity contribution in [1.29, 1.82) is 0 Å². The van der Waals surface area contributed by atoms with Crippen molar-refractivity contribution in [1.82, 2.24) is 20.1 Å². The van der Waals surface area contributed by atoms with Crippen LogP contribution in [0.15, 0.2) is 23.4 Å². The molecule has 0 bridgehead atoms. The van der Waals surface area contributed by atoms with Gasteiger partial charge >= 0.3 is 6.03 Å². The number of nitrogens with one attached hydrogen (secondary N) is 1. The molecule has 1 saturated carbocycles. The number of aromatic nitrogens is 3. The number of nitrogens with zero attached hydrogens (tertiary/aromatic N) is 3. The van der Waals surface area contributed by atoms with Crippen LogP contribution >= 0.6 is 11.8 Å². The lowest BCUT2D eigenvalue weighted by atomic mass is 9.95. The monoisotopic (exact) mass is 461 g/mol. The summed E-state index contributed by atoms with van der Waals surface area (Å²) in [5, 5.41) is 11.3. The molecule has 0 radical (unpaired) electrons. The molecule has 3 amide bonds. The van der Waals surface area contributed by atoms with Crippen LogP contribution in [0.4, 0.5) is 4.79 Å². The molecule has 1 heterocycles. The highest BCUT2D eigenvalue weighted by Crippen LogP contribution is 2.39. The molecule has 1 aliphatic carbocycles. The van der Waals surface area contributed by atoms with Gasteiger partial charge in [-0.1, -0.05) is 44.9 Å². The standard InChI is InChI=1S/C22H31N5O4S/c1-13(2)18(20(28)24-21(23)29)32-22-26-25-19(27(22)15-8-6-5-7-9-15)14-10-11-16(30-3)17(12-14)31-4/h10-13,15,18H,5-9H2,1-4H3,(H3,23,24,28,29). The Hall–Kier alpha value is -2.75. The minimum Gasteiger partial charge on any atom is -0.493 e. The van der Waals surface area contributed by atoms with Crippen molar-refractivity contribution in [3.63, 3.8) is 0 Å². The van der Waals surface area contributed by atoms with Gasteiger partial charge in [-0.3, -0.25) is 14.7 Å². The van der Waals surface area contributed by atoms with Gasteiger partial charge in [0.05, 0.1) is 19.5 Å². The van der Waals surface area contributed by atoms with Crippen molar-refractivity contribution in [2.45, 2.75) is 62.4 Å². The number of urea groups is 1. The van der Waals surface area contributed by atoms with Crippen LogP contribution in [0, 0.1) is 5.92 Å². The molecule has 174 valence electrons. The maximum atomic E-state index is 12.6. The van der Waals surface area contributed by atoms with Gasteiger partial charge in [-0.2, -0.15) is 0 Å². The molecular formula is C22H31N5O4S. The molecule has 3 N–H and O–H groups in total. The molecule has 1 aliphatic rings. The van der Waals surface area contributed by atoms with E-state index in [-0.39, 0.29) is 12.0 Å². The number of carbonyl (C=O) groups excluding carboxylic acids is 2. The maximum absolute atomic E-state index is 12.6. The Morgan fingerprint density at radius 2 is 1.81 bits per heavy atom. The molecule has 0 spiro atoms. The SMILES string of the molecule is COc1ccc(-c2nnc(SC(C(=O)NC(N)=O)C(C)C)n2C2CCCCC2)cc1OC. The summed E-state index contributed by atoms with van der Waals surface area (Å²) in [7, 11) is 3.19. The number of benzene rings is 1. The first-order valence-corrected chi connectivity index (χ1v) is 11.7. The Morgan fingerprint density at radius 1 is 1.12 bits per heavy atom. The molecule has 0 saturated heterocycles. The first kappa shape index (κ1) is 23.9. The van der Waals surface area contributed by atoms with Gasteiger partial charge in [0.1, 0.15) is 0 Å². The van der Waals surface area contributed by atoms with Crippen LogP contribution in [0.5, 0.6) is 11.5 Å². The Bertz CT molecular complexity index is 956. The van der Waals surface area contributed by atoms with E-state index in [2.05, 4.69) is 20.1 Å². The second-order valence-corrected chi connectivity index (χ2v) is 9.28. The van der Waals surface area contributed by atoms with Gasteiger partial charge in [0, 0.05) is 11.6 Å². The smallest absolute Gasteiger partial charge is 0.318 e. The van der Waals surface area contributed by atoms with E-state index < -0.39 is 17.2 Å². The fraction of sp³-hybridized carbons (Fsp3) is 0.545. The number of carbonyl (C=O) groups is 2. The second kappa shape index (κ2) is 10.7. The van der Waals surface area contributed by atoms with Gasteiger partial charge in [0.2, 0.25) is 5.91 Å². The average molecular weight is 462 g/mol. The highest BCUT2D eigenvalue weighted by Gasteiger charge is 2.30. The molecule has 0 aliphatic heterocycles. The van der Waals surface area contributed by atoms with Gasteiger partial charge in [0.25, 0.3) is 0 Å². The van der Waals surface area contributed by atoms with E-state index in [9.17, 15) is 9.59 Å². The molecule has 1 unspecified atom stereocenters. The fourth-order valence-corrected chi connectivity index (χ4v) is 5.10. The lowest BCUT2D eigenvalue weighted by Crippen LogP contribution is -2.42. The molecule has 3 rings (SSSR count). The van der Waals surface area contributed by atoms with Crippen molar-refractivity contribution in [2.24, 2.45) is 11.7 Å². The minimum atomic E-state index is -0.860. The van der Waals surface area contributed by atoms with Crippen LogP contribution in [0.3, 0.4) is 0 Å². The molecule has 1 atom stereocenters. The first-order valence-electron chi connectivity index (χ1n) is 10.8. The number of imide groups is 1. The summed E-state index contributed by atoms with van der Waals surface area (Å²) in [5.41, 5.74) is 6.02. The quantitative estimate of drug-likeness (QED) is 0.574. The normalized spacial score (nSPS) is 15.4. The van der Waals surface area contributed by atoms with Crippen LogP contribution < -0.4 is 20.5 Å². The van der Waals surface area contributed by atoms with Crippen molar-refractivity contribution >= 4 is 23.7 Å². The third-order valence-corrected chi connectivity index (χ3v) is 7.09. The zero-order chi connectivity index (χ0) is 23.3. The van der Waals surface area contributed by atoms with Crippen LogP contribution in [-0.2, 0) is 4.79 Å². The number of amides is 3. The second-order valence-electron chi connectivity index (χ2n) is 8.17. The maximum Gasteiger partial charge on any atom is 0.318 e. The summed E-state index contributed by atoms with van der Waals surface area (Å²) in [6, 6.07) is 5.03. The van der Waals surface area contributed by atoms with E-state index in [1.807, 2.05) is 32.0 Å². The zero-order valence-corrected chi connectivity index (χ0v) is 19.8. The highest BCUT2D eigenvalue weighted by molar-refractivity contribution is 8.00. The Kier molecular flexibility index (Phi) is 8.00. The number of hydrogen-bond donors (Lipinski definition) is 2. The molecular weight excluding hydrogens is 430 g/mol. The summed E-state index contributed by atoms with van der Waals surface area (Å²) >= 11 is 1.31. The number of nitrogens with two attached hydrogens (primary N) is 1. The molecule has 10 heteroatoms. The van der Waals surface area contributed by atoms with E-state index in [1.54, 1.807) is 14.2 Å². The van der Waals surface area contributed by atoms with E-state index in [1.165, 1.54) is 18.2 Å². The highest BCUT2D eigenvalue weighted by atomic mass is 32.2. The number of primary amides is 1. The number of ether oxygens (including phenoxy) is 2. The predicted octanol–water partition coefficient (Wildman–Crippen LogP) is 3.78. The lowest BCUT2D eigenvalue weighted by molar-refractivity contribution is -0.120. The first-order chi connectivity index (χ1) is 15.3. The molecule has 32 heavy (non-hydrogen) atoms. The van der Waals surface area contributed by atoms with E-state index in [4.69, 9.17) is 15.2 Å². The molecule has 2 aromatic rings. The van der Waals surface area contributed by atoms with Crippen molar-refractivity contribution in [3.8, 4) is 22.9 Å². The van der Waals surface area contributed by atoms with Crippen LogP contribution in [0.1, 0.15) is 52.0 Å². The van der Waals surface area contributed by atoms with Gasteiger partial charge < -0.3 is 15.2 Å². The number of hydrogen-bond acceptors (Lipinski definition) is 7. The number of thioether (sulfide) groups is 1. The molecule has 9 nitrogen and oxygen atoms in total. The number of rotatable bonds is 8. The average Bonchev–Trinajstić information content (AvgIpc) is 3.20. The van der Waals surface area contributed by atoms with E-state index >= 15 is 0 Å². The Morgan fingerprint density at radius 3 is 2.41 bits per heavy atom. The summed E-state index contributed by atoms with van der Waals surface area (Å²) in [6.07, 6.45) is 5.52. The number of methoxy groups -OCH3 is 2. The van der Waals surface area contributed by atoms with Gasteiger partial charge in [0.15, 0.2) is 22.5 Å². The molecule has 1 aromatic heterocycles. The summed E-state index contributed by atoms with van der Waals surface area (Å²) in [5.74, 6) is 1.50. The molecule has 1 fully saturated rings. The van der Waals surface area contributed by atoms with E-state index in [0.29, 0.717) is 16.7 Å². The van der Waals surface area contributed by atoms with Crippen molar-refractivity contribution in [3.05, 3.63) is 18.2 Å². The van der Waals surface area contributed by atoms with Crippen LogP contribution in [0.25, 0.3) is 11.4 Å². The minimum absolute atomic E-state index is 0.0413. The Labute approximate surface area is 192 Å². The van der Waals surface area contributed by atoms with Crippen molar-refractivity contribution in [2.75, 3.05) is 14.2 Å². The van der Waals surface area contributed by atoms with E-state index in [0.717, 1.165) is 37.1 Å². The summed E-state index contributed by atoms with van der Waals surface area (Å²) < 4.78 is 13.0. The largest absolute Gasteiger partial charge is 0.493 e. The predicted molar refractivity (Wildman–Crippen MR) is 123 cm³/mol. The third kappa shape index (κ3) is 5.35. The Balaban J connectivity index is 2.03. The third-order valence-electron chi connectivity index (χ3n) is 5.59. The summed E-state index contributed by atoms with van der Waals surface area (Å²) in [6.45, 7) is 3.85. The zero-order valence-electron chi connectivity index (χ0n) is 19.0. The van der Waals surface area contributed by atoms with Gasteiger partial charge in [-0.25, -0.2) is 4.79 Å². The fourth-order valence-electron chi connectivity index (χ4n) is 4.00. The van der Waals surface area contributed by atoms with Crippen LogP contribution in [-0.4, -0.2) is 46.2 Å². The summed E-state index contributed by atoms with van der Waals surface area (Å²) in [4.78, 5) is 23.8. The van der Waals surface area contributed by atoms with Gasteiger partial charge in [-0.05, 0) is 37.0 Å².